The number of aromatic nitrogens is 1. The Balaban J connectivity index is 2.06. The first-order valence-electron chi connectivity index (χ1n) is 9.96. The maximum atomic E-state index is 6.14. The molecule has 0 atom stereocenters. The summed E-state index contributed by atoms with van der Waals surface area (Å²) in [6.45, 7) is 11.1. The van der Waals surface area contributed by atoms with E-state index in [1.807, 2.05) is 0 Å². The summed E-state index contributed by atoms with van der Waals surface area (Å²) in [5.74, 6) is 0.595. The summed E-state index contributed by atoms with van der Waals surface area (Å²) in [6.07, 6.45) is 5.77. The van der Waals surface area contributed by atoms with E-state index in [-0.39, 0.29) is 5.54 Å². The highest BCUT2D eigenvalue weighted by Gasteiger charge is 2.16. The Morgan fingerprint density at radius 2 is 1.92 bits per heavy atom. The van der Waals surface area contributed by atoms with Crippen molar-refractivity contribution in [2.24, 2.45) is 0 Å². The third-order valence-electron chi connectivity index (χ3n) is 5.16. The van der Waals surface area contributed by atoms with E-state index < -0.39 is 0 Å². The minimum absolute atomic E-state index is 0.236. The number of anilines is 2. The third-order valence-corrected chi connectivity index (χ3v) is 5.16. The topological polar surface area (TPSA) is 54.2 Å². The first kappa shape index (κ1) is 20.5. The average molecular weight is 357 g/mol. The molecule has 2 aromatic rings. The Morgan fingerprint density at radius 3 is 2.62 bits per heavy atom. The molecule has 0 saturated carbocycles. The third kappa shape index (κ3) is 5.60. The van der Waals surface area contributed by atoms with Gasteiger partial charge in [-0.3, -0.25) is 0 Å². The second kappa shape index (κ2) is 9.22. The van der Waals surface area contributed by atoms with Crippen LogP contribution in [0.2, 0.25) is 0 Å². The van der Waals surface area contributed by atoms with Crippen molar-refractivity contribution in [2.75, 3.05) is 31.2 Å². The number of benzene rings is 1. The molecule has 2 rings (SSSR count). The highest BCUT2D eigenvalue weighted by molar-refractivity contribution is 5.88. The molecule has 0 unspecified atom stereocenters. The Labute approximate surface area is 159 Å². The number of hydrogen-bond acceptors (Lipinski definition) is 4. The van der Waals surface area contributed by atoms with Gasteiger partial charge in [0.25, 0.3) is 0 Å². The van der Waals surface area contributed by atoms with Crippen LogP contribution >= 0.6 is 0 Å². The Bertz CT molecular complexity index is 703. The number of nitrogens with two attached hydrogens (primary N) is 1. The fourth-order valence-corrected chi connectivity index (χ4v) is 3.03. The van der Waals surface area contributed by atoms with E-state index >= 15 is 0 Å². The van der Waals surface area contributed by atoms with Crippen LogP contribution in [-0.2, 0) is 6.42 Å². The van der Waals surface area contributed by atoms with Gasteiger partial charge in [-0.05, 0) is 77.7 Å². The minimum atomic E-state index is 0.236. The fourth-order valence-electron chi connectivity index (χ4n) is 3.03. The molecule has 1 heterocycles. The van der Waals surface area contributed by atoms with Crippen LogP contribution in [0, 0.1) is 0 Å². The molecule has 4 nitrogen and oxygen atoms in total. The van der Waals surface area contributed by atoms with E-state index in [2.05, 4.69) is 74.2 Å². The van der Waals surface area contributed by atoms with Crippen LogP contribution in [0.5, 0.6) is 0 Å². The van der Waals surface area contributed by atoms with Crippen molar-refractivity contribution in [3.63, 3.8) is 0 Å². The van der Waals surface area contributed by atoms with Crippen molar-refractivity contribution in [1.82, 2.24) is 9.88 Å². The Hall–Kier alpha value is -1.81. The van der Waals surface area contributed by atoms with Crippen LogP contribution in [0.3, 0.4) is 0 Å². The minimum Gasteiger partial charge on any atom is -0.382 e. The average Bonchev–Trinajstić information content (AvgIpc) is 2.58. The van der Waals surface area contributed by atoms with Crippen LogP contribution in [0.1, 0.15) is 58.9 Å². The highest BCUT2D eigenvalue weighted by Crippen LogP contribution is 2.26. The molecule has 3 N–H and O–H groups in total. The molecule has 0 bridgehead atoms. The molecule has 0 fully saturated rings. The number of unbranched alkanes of at least 4 members (excludes halogenated alkanes) is 2. The van der Waals surface area contributed by atoms with Crippen molar-refractivity contribution in [3.8, 4) is 0 Å². The standard InChI is InChI=1S/C22H36N4/c1-6-7-14-24-20-16-18-17(12-10-13-19(18)25-21(20)23)11-8-9-15-26(5)22(2,3)4/h10,12-13,16,24H,6-9,11,14-15H2,1-5H3,(H2,23,25). The summed E-state index contributed by atoms with van der Waals surface area (Å²) in [5, 5.41) is 4.66. The van der Waals surface area contributed by atoms with Gasteiger partial charge in [0, 0.05) is 17.5 Å². The van der Waals surface area contributed by atoms with Crippen LogP contribution in [0.15, 0.2) is 24.3 Å². The maximum absolute atomic E-state index is 6.14. The van der Waals surface area contributed by atoms with Gasteiger partial charge in [-0.25, -0.2) is 4.98 Å². The normalized spacial score (nSPS) is 12.1. The summed E-state index contributed by atoms with van der Waals surface area (Å²) >= 11 is 0. The Kier molecular flexibility index (Phi) is 7.27. The van der Waals surface area contributed by atoms with Gasteiger partial charge in [-0.2, -0.15) is 0 Å². The van der Waals surface area contributed by atoms with E-state index in [1.165, 1.54) is 30.2 Å². The van der Waals surface area contributed by atoms with Gasteiger partial charge < -0.3 is 16.0 Å². The van der Waals surface area contributed by atoms with Crippen molar-refractivity contribution in [3.05, 3.63) is 29.8 Å². The zero-order chi connectivity index (χ0) is 19.2. The van der Waals surface area contributed by atoms with Gasteiger partial charge >= 0.3 is 0 Å². The predicted molar refractivity (Wildman–Crippen MR) is 115 cm³/mol. The molecule has 1 aromatic heterocycles. The summed E-state index contributed by atoms with van der Waals surface area (Å²) in [6, 6.07) is 8.56. The van der Waals surface area contributed by atoms with Crippen LogP contribution in [-0.4, -0.2) is 35.6 Å². The second-order valence-electron chi connectivity index (χ2n) is 8.23. The van der Waals surface area contributed by atoms with Crippen molar-refractivity contribution in [2.45, 2.75) is 65.3 Å². The van der Waals surface area contributed by atoms with E-state index in [1.54, 1.807) is 0 Å². The molecule has 26 heavy (non-hydrogen) atoms. The molecule has 4 heteroatoms. The quantitative estimate of drug-likeness (QED) is 0.615. The number of nitrogens with one attached hydrogen (secondary N) is 1. The van der Waals surface area contributed by atoms with Gasteiger partial charge in [0.15, 0.2) is 0 Å². The van der Waals surface area contributed by atoms with E-state index in [9.17, 15) is 0 Å². The molecule has 0 aliphatic carbocycles. The molecule has 0 spiro atoms. The van der Waals surface area contributed by atoms with Crippen LogP contribution in [0.4, 0.5) is 11.5 Å². The smallest absolute Gasteiger partial charge is 0.147 e. The van der Waals surface area contributed by atoms with Crippen LogP contribution < -0.4 is 11.1 Å². The predicted octanol–water partition coefficient (Wildman–Crippen LogP) is 5.08. The lowest BCUT2D eigenvalue weighted by Gasteiger charge is -2.31. The summed E-state index contributed by atoms with van der Waals surface area (Å²) in [4.78, 5) is 7.04. The summed E-state index contributed by atoms with van der Waals surface area (Å²) < 4.78 is 0. The van der Waals surface area contributed by atoms with Gasteiger partial charge in [-0.1, -0.05) is 25.5 Å². The monoisotopic (exact) mass is 356 g/mol. The molecule has 0 aliphatic rings. The zero-order valence-electron chi connectivity index (χ0n) is 17.2. The molecule has 0 amide bonds. The molecular formula is C22H36N4. The number of pyridine rings is 1. The Morgan fingerprint density at radius 1 is 1.15 bits per heavy atom. The van der Waals surface area contributed by atoms with Crippen molar-refractivity contribution < 1.29 is 0 Å². The van der Waals surface area contributed by atoms with E-state index in [0.717, 1.165) is 37.1 Å². The van der Waals surface area contributed by atoms with Gasteiger partial charge in [0.05, 0.1) is 11.2 Å². The lowest BCUT2D eigenvalue weighted by atomic mass is 10.0. The van der Waals surface area contributed by atoms with Gasteiger partial charge in [0.2, 0.25) is 0 Å². The zero-order valence-corrected chi connectivity index (χ0v) is 17.2. The fraction of sp³-hybridized carbons (Fsp3) is 0.591. The molecule has 0 radical (unpaired) electrons. The first-order valence-corrected chi connectivity index (χ1v) is 9.96. The number of nitrogen functional groups attached to an aromatic ring is 1. The van der Waals surface area contributed by atoms with Gasteiger partial charge in [-0.15, -0.1) is 0 Å². The number of hydrogen-bond donors (Lipinski definition) is 2. The van der Waals surface area contributed by atoms with Crippen molar-refractivity contribution in [1.29, 1.82) is 0 Å². The lowest BCUT2D eigenvalue weighted by molar-refractivity contribution is 0.173. The number of nitrogens with zero attached hydrogens (tertiary/aromatic N) is 2. The lowest BCUT2D eigenvalue weighted by Crippen LogP contribution is -2.38. The molecule has 1 aromatic carbocycles. The molecule has 0 saturated heterocycles. The second-order valence-corrected chi connectivity index (χ2v) is 8.23. The van der Waals surface area contributed by atoms with E-state index in [4.69, 9.17) is 5.73 Å². The first-order chi connectivity index (χ1) is 12.3. The number of fused-ring (bicyclic) bond motifs is 1. The molecule has 0 aliphatic heterocycles. The largest absolute Gasteiger partial charge is 0.382 e. The van der Waals surface area contributed by atoms with Gasteiger partial charge in [0.1, 0.15) is 5.82 Å². The van der Waals surface area contributed by atoms with Crippen molar-refractivity contribution >= 4 is 22.4 Å². The number of rotatable bonds is 9. The number of aryl methyl sites for hydroxylation is 1. The SMILES string of the molecule is CCCCNc1cc2c(CCCCN(C)C(C)(C)C)cccc2nc1N. The van der Waals surface area contributed by atoms with Crippen LogP contribution in [0.25, 0.3) is 10.9 Å². The van der Waals surface area contributed by atoms with E-state index in [0.29, 0.717) is 5.82 Å². The summed E-state index contributed by atoms with van der Waals surface area (Å²) in [5.41, 5.74) is 9.70. The maximum Gasteiger partial charge on any atom is 0.147 e. The summed E-state index contributed by atoms with van der Waals surface area (Å²) in [7, 11) is 2.21. The molecular weight excluding hydrogens is 320 g/mol. The highest BCUT2D eigenvalue weighted by atomic mass is 15.1. The molecule has 144 valence electrons.